The highest BCUT2D eigenvalue weighted by Gasteiger charge is 2.39. The fourth-order valence-electron chi connectivity index (χ4n) is 4.06. The van der Waals surface area contributed by atoms with E-state index in [1.807, 2.05) is 26.0 Å². The molecule has 0 aliphatic carbocycles. The van der Waals surface area contributed by atoms with Crippen LogP contribution < -0.4 is 10.6 Å². The van der Waals surface area contributed by atoms with Crippen LogP contribution in [0.5, 0.6) is 0 Å². The van der Waals surface area contributed by atoms with E-state index in [1.165, 1.54) is 4.90 Å². The second-order valence-corrected chi connectivity index (χ2v) is 11.1. The van der Waals surface area contributed by atoms with Crippen LogP contribution in [0.25, 0.3) is 0 Å². The van der Waals surface area contributed by atoms with Gasteiger partial charge in [-0.3, -0.25) is 14.4 Å². The summed E-state index contributed by atoms with van der Waals surface area (Å²) < 4.78 is 10.2. The highest BCUT2D eigenvalue weighted by molar-refractivity contribution is 5.92. The van der Waals surface area contributed by atoms with Gasteiger partial charge in [0.25, 0.3) is 0 Å². The molecule has 0 radical (unpaired) electrons. The highest BCUT2D eigenvalue weighted by Crippen LogP contribution is 2.29. The van der Waals surface area contributed by atoms with E-state index in [4.69, 9.17) is 9.47 Å². The topological polar surface area (TPSA) is 134 Å². The minimum Gasteiger partial charge on any atom is -0.466 e. The fraction of sp³-hybridized carbons (Fsp3) is 0.655. The van der Waals surface area contributed by atoms with Crippen LogP contribution in [-0.2, 0) is 23.9 Å². The molecule has 0 spiro atoms. The van der Waals surface area contributed by atoms with Gasteiger partial charge >= 0.3 is 12.1 Å². The highest BCUT2D eigenvalue weighted by atomic mass is 16.6. The van der Waals surface area contributed by atoms with E-state index in [0.717, 1.165) is 12.0 Å². The number of rotatable bonds is 14. The number of alkyl carbamates (subject to hydrolysis) is 1. The number of aliphatic hydroxyl groups is 1. The number of aliphatic hydroxyl groups excluding tert-OH is 1. The average molecular weight is 550 g/mol. The van der Waals surface area contributed by atoms with E-state index in [1.54, 1.807) is 39.8 Å². The molecule has 220 valence electrons. The van der Waals surface area contributed by atoms with Gasteiger partial charge in [-0.2, -0.15) is 0 Å². The number of aryl methyl sites for hydroxylation is 1. The smallest absolute Gasteiger partial charge is 0.408 e. The van der Waals surface area contributed by atoms with Crippen molar-refractivity contribution in [2.75, 3.05) is 19.8 Å². The summed E-state index contributed by atoms with van der Waals surface area (Å²) in [6.07, 6.45) is 0.512. The summed E-state index contributed by atoms with van der Waals surface area (Å²) in [7, 11) is 0. The molecule has 0 bridgehead atoms. The second-order valence-electron chi connectivity index (χ2n) is 11.1. The predicted molar refractivity (Wildman–Crippen MR) is 149 cm³/mol. The number of nitrogens with one attached hydrogen (secondary N) is 2. The van der Waals surface area contributed by atoms with Gasteiger partial charge in [0.05, 0.1) is 19.6 Å². The minimum atomic E-state index is -1.33. The van der Waals surface area contributed by atoms with Crippen molar-refractivity contribution >= 4 is 23.9 Å². The van der Waals surface area contributed by atoms with Crippen molar-refractivity contribution in [3.8, 4) is 0 Å². The summed E-state index contributed by atoms with van der Waals surface area (Å²) in [5.41, 5.74) is 0.585. The van der Waals surface area contributed by atoms with Crippen molar-refractivity contribution in [1.29, 1.82) is 0 Å². The molecule has 0 saturated heterocycles. The molecule has 3 atom stereocenters. The van der Waals surface area contributed by atoms with Crippen LogP contribution in [0.2, 0.25) is 0 Å². The van der Waals surface area contributed by atoms with Gasteiger partial charge in [0.1, 0.15) is 17.7 Å². The number of nitrogens with zero attached hydrogens (tertiary/aromatic N) is 1. The molecule has 3 N–H and O–H groups in total. The van der Waals surface area contributed by atoms with Crippen LogP contribution in [0.4, 0.5) is 4.79 Å². The Morgan fingerprint density at radius 2 is 1.69 bits per heavy atom. The Kier molecular flexibility index (Phi) is 14.0. The maximum absolute atomic E-state index is 14.0. The molecule has 39 heavy (non-hydrogen) atoms. The van der Waals surface area contributed by atoms with Crippen molar-refractivity contribution in [2.24, 2.45) is 5.92 Å². The summed E-state index contributed by atoms with van der Waals surface area (Å²) in [5, 5.41) is 15.4. The van der Waals surface area contributed by atoms with E-state index in [-0.39, 0.29) is 19.6 Å². The Balaban J connectivity index is 3.47. The zero-order valence-corrected chi connectivity index (χ0v) is 24.7. The lowest BCUT2D eigenvalue weighted by Crippen LogP contribution is -2.57. The molecule has 3 amide bonds. The fourth-order valence-corrected chi connectivity index (χ4v) is 4.06. The summed E-state index contributed by atoms with van der Waals surface area (Å²) in [6, 6.07) is 4.41. The number of esters is 1. The van der Waals surface area contributed by atoms with Crippen LogP contribution in [-0.4, -0.2) is 71.3 Å². The first kappa shape index (κ1) is 33.9. The standard InChI is InChI=1S/C29H47N3O7/c1-9-38-24(34)16-17-30-26(35)25(22-13-11-10-12-20(22)4)32(21(5)15-14-19(2)3)27(36)23(18-33)31-28(37)39-29(6,7)8/h10-13,19,21,23,25,33H,9,14-18H2,1-8H3,(H,30,35)(H,31,37). The van der Waals surface area contributed by atoms with Crippen LogP contribution >= 0.6 is 0 Å². The van der Waals surface area contributed by atoms with Gasteiger partial charge in [-0.15, -0.1) is 0 Å². The Morgan fingerprint density at radius 1 is 1.05 bits per heavy atom. The van der Waals surface area contributed by atoms with E-state index in [9.17, 15) is 24.3 Å². The third-order valence-corrected chi connectivity index (χ3v) is 6.01. The average Bonchev–Trinajstić information content (AvgIpc) is 2.83. The normalized spacial score (nSPS) is 13.7. The van der Waals surface area contributed by atoms with Crippen LogP contribution in [0.1, 0.15) is 84.9 Å². The molecule has 1 aromatic rings. The Bertz CT molecular complexity index is 958. The molecular weight excluding hydrogens is 502 g/mol. The lowest BCUT2D eigenvalue weighted by Gasteiger charge is -2.39. The Morgan fingerprint density at radius 3 is 2.23 bits per heavy atom. The second kappa shape index (κ2) is 16.1. The van der Waals surface area contributed by atoms with E-state index in [0.29, 0.717) is 17.9 Å². The van der Waals surface area contributed by atoms with Gasteiger partial charge < -0.3 is 30.1 Å². The SMILES string of the molecule is CCOC(=O)CCNC(=O)C(c1ccccc1C)N(C(=O)C(CO)NC(=O)OC(C)(C)C)C(C)CCC(C)C. The molecule has 0 saturated carbocycles. The summed E-state index contributed by atoms with van der Waals surface area (Å²) in [4.78, 5) is 53.5. The van der Waals surface area contributed by atoms with Crippen LogP contribution in [0, 0.1) is 12.8 Å². The monoisotopic (exact) mass is 549 g/mol. The van der Waals surface area contributed by atoms with Crippen molar-refractivity contribution < 1.29 is 33.8 Å². The molecule has 3 unspecified atom stereocenters. The molecule has 10 nitrogen and oxygen atoms in total. The maximum atomic E-state index is 14.0. The third-order valence-electron chi connectivity index (χ3n) is 6.01. The van der Waals surface area contributed by atoms with Crippen LogP contribution in [0.3, 0.4) is 0 Å². The number of carbonyl (C=O) groups is 4. The number of benzene rings is 1. The molecule has 0 aromatic heterocycles. The zero-order valence-electron chi connectivity index (χ0n) is 24.7. The quantitative estimate of drug-likeness (QED) is 0.302. The van der Waals surface area contributed by atoms with Gasteiger partial charge in [-0.1, -0.05) is 38.1 Å². The lowest BCUT2D eigenvalue weighted by molar-refractivity contribution is -0.146. The maximum Gasteiger partial charge on any atom is 0.408 e. The first-order valence-electron chi connectivity index (χ1n) is 13.6. The van der Waals surface area contributed by atoms with E-state index >= 15 is 0 Å². The van der Waals surface area contributed by atoms with Crippen molar-refractivity contribution in [2.45, 2.75) is 98.4 Å². The van der Waals surface area contributed by atoms with Gasteiger partial charge in [0, 0.05) is 12.6 Å². The van der Waals surface area contributed by atoms with Gasteiger partial charge in [0.2, 0.25) is 11.8 Å². The predicted octanol–water partition coefficient (Wildman–Crippen LogP) is 3.64. The lowest BCUT2D eigenvalue weighted by atomic mass is 9.94. The third kappa shape index (κ3) is 11.6. The van der Waals surface area contributed by atoms with Gasteiger partial charge in [-0.05, 0) is 71.4 Å². The molecule has 0 aliphatic rings. The number of hydrogen-bond donors (Lipinski definition) is 3. The molecule has 1 rings (SSSR count). The van der Waals surface area contributed by atoms with E-state index in [2.05, 4.69) is 24.5 Å². The van der Waals surface area contributed by atoms with Crippen LogP contribution in [0.15, 0.2) is 24.3 Å². The Labute approximate surface area is 232 Å². The number of carbonyl (C=O) groups excluding carboxylic acids is 4. The summed E-state index contributed by atoms with van der Waals surface area (Å²) in [5.74, 6) is -1.18. The molecule has 0 aliphatic heterocycles. The van der Waals surface area contributed by atoms with E-state index < -0.39 is 54.2 Å². The number of hydrogen-bond acceptors (Lipinski definition) is 7. The summed E-state index contributed by atoms with van der Waals surface area (Å²) >= 11 is 0. The van der Waals surface area contributed by atoms with Gasteiger partial charge in [0.15, 0.2) is 0 Å². The Hall–Kier alpha value is -3.14. The molecule has 0 heterocycles. The first-order valence-corrected chi connectivity index (χ1v) is 13.6. The zero-order chi connectivity index (χ0) is 29.8. The number of ether oxygens (including phenoxy) is 2. The molecule has 0 fully saturated rings. The number of amides is 3. The van der Waals surface area contributed by atoms with Gasteiger partial charge in [-0.25, -0.2) is 4.79 Å². The van der Waals surface area contributed by atoms with Crippen molar-refractivity contribution in [3.63, 3.8) is 0 Å². The molecule has 10 heteroatoms. The van der Waals surface area contributed by atoms with Crippen molar-refractivity contribution in [3.05, 3.63) is 35.4 Å². The largest absolute Gasteiger partial charge is 0.466 e. The summed E-state index contributed by atoms with van der Waals surface area (Å²) in [6.45, 7) is 14.2. The minimum absolute atomic E-state index is 0.0175. The van der Waals surface area contributed by atoms with Crippen molar-refractivity contribution in [1.82, 2.24) is 15.5 Å². The molecular formula is C29H47N3O7. The molecule has 1 aromatic carbocycles. The first-order chi connectivity index (χ1) is 18.2.